The molecule has 4 heteroatoms. The number of aromatic nitrogens is 2. The molecule has 4 nitrogen and oxygen atoms in total. The summed E-state index contributed by atoms with van der Waals surface area (Å²) in [5, 5.41) is 11.6. The fourth-order valence-electron chi connectivity index (χ4n) is 3.10. The van der Waals surface area contributed by atoms with Crippen molar-refractivity contribution in [3.63, 3.8) is 0 Å². The molecule has 0 aliphatic carbocycles. The van der Waals surface area contributed by atoms with E-state index in [-0.39, 0.29) is 0 Å². The van der Waals surface area contributed by atoms with E-state index in [1.54, 1.807) is 6.20 Å². The van der Waals surface area contributed by atoms with Crippen molar-refractivity contribution >= 4 is 22.1 Å². The second-order valence-electron chi connectivity index (χ2n) is 5.59. The van der Waals surface area contributed by atoms with E-state index in [0.29, 0.717) is 16.9 Å². The van der Waals surface area contributed by atoms with Crippen LogP contribution in [-0.4, -0.2) is 4.98 Å². The smallest absolute Gasteiger partial charge is 0.227 e. The first-order chi connectivity index (χ1) is 11.2. The van der Waals surface area contributed by atoms with Gasteiger partial charge in [0.25, 0.3) is 0 Å². The van der Waals surface area contributed by atoms with Crippen LogP contribution in [0.4, 0.5) is 0 Å². The van der Waals surface area contributed by atoms with Crippen LogP contribution in [0, 0.1) is 18.3 Å². The van der Waals surface area contributed by atoms with E-state index in [1.807, 2.05) is 55.1 Å². The molecule has 1 aromatic carbocycles. The van der Waals surface area contributed by atoms with Gasteiger partial charge in [-0.2, -0.15) is 5.26 Å². The predicted octanol–water partition coefficient (Wildman–Crippen LogP) is 3.65. The van der Waals surface area contributed by atoms with E-state index in [9.17, 15) is 5.26 Å². The van der Waals surface area contributed by atoms with Gasteiger partial charge in [-0.3, -0.25) is 0 Å². The predicted molar refractivity (Wildman–Crippen MR) is 87.6 cm³/mol. The highest BCUT2D eigenvalue weighted by Gasteiger charge is 2.22. The summed E-state index contributed by atoms with van der Waals surface area (Å²) in [4.78, 5) is 4.26. The third-order valence-electron chi connectivity index (χ3n) is 4.16. The zero-order valence-corrected chi connectivity index (χ0v) is 12.9. The quantitative estimate of drug-likeness (QED) is 0.504. The number of benzene rings is 1. The third kappa shape index (κ3) is 1.91. The van der Waals surface area contributed by atoms with E-state index < -0.39 is 0 Å². The molecule has 0 saturated carbocycles. The van der Waals surface area contributed by atoms with Gasteiger partial charge in [0, 0.05) is 29.1 Å². The molecule has 0 bridgehead atoms. The van der Waals surface area contributed by atoms with Crippen LogP contribution < -0.4 is 4.57 Å². The Balaban J connectivity index is 2.18. The molecule has 0 atom stereocenters. The summed E-state index contributed by atoms with van der Waals surface area (Å²) in [5.74, 6) is 0. The Hall–Kier alpha value is -3.19. The number of fused-ring (bicyclic) bond motifs is 3. The summed E-state index contributed by atoms with van der Waals surface area (Å²) in [6, 6.07) is 14.2. The number of aryl methyl sites for hydroxylation is 2. The number of pyridine rings is 2. The molecule has 4 aromatic rings. The summed E-state index contributed by atoms with van der Waals surface area (Å²) in [6.45, 7) is 2.03. The maximum atomic E-state index is 9.78. The average Bonchev–Trinajstić information content (AvgIpc) is 2.93. The molecule has 0 aliphatic rings. The van der Waals surface area contributed by atoms with Crippen LogP contribution in [-0.2, 0) is 7.05 Å². The largest absolute Gasteiger partial charge is 0.436 e. The van der Waals surface area contributed by atoms with Crippen molar-refractivity contribution in [3.05, 3.63) is 59.9 Å². The Bertz CT molecular complexity index is 1100. The maximum absolute atomic E-state index is 9.78. The molecular formula is C19H14N3O+. The summed E-state index contributed by atoms with van der Waals surface area (Å²) in [5.41, 5.74) is 4.65. The van der Waals surface area contributed by atoms with E-state index >= 15 is 0 Å². The Morgan fingerprint density at radius 1 is 1.17 bits per heavy atom. The molecular weight excluding hydrogens is 286 g/mol. The molecule has 0 aliphatic heterocycles. The minimum atomic E-state index is 0.555. The van der Waals surface area contributed by atoms with Crippen LogP contribution in [0.1, 0.15) is 11.1 Å². The molecule has 0 amide bonds. The lowest BCUT2D eigenvalue weighted by Crippen LogP contribution is -2.30. The van der Waals surface area contributed by atoms with E-state index in [4.69, 9.17) is 4.42 Å². The molecule has 110 valence electrons. The summed E-state index contributed by atoms with van der Waals surface area (Å²) < 4.78 is 7.90. The van der Waals surface area contributed by atoms with Crippen molar-refractivity contribution < 1.29 is 8.98 Å². The molecule has 0 N–H and O–H groups in total. The Morgan fingerprint density at radius 2 is 2.04 bits per heavy atom. The van der Waals surface area contributed by atoms with Crippen LogP contribution in [0.25, 0.3) is 33.3 Å². The number of nitriles is 1. The van der Waals surface area contributed by atoms with Crippen molar-refractivity contribution in [2.45, 2.75) is 6.92 Å². The summed E-state index contributed by atoms with van der Waals surface area (Å²) in [6.07, 6.45) is 3.67. The molecule has 4 rings (SSSR count). The van der Waals surface area contributed by atoms with Gasteiger partial charge in [0.15, 0.2) is 11.8 Å². The van der Waals surface area contributed by atoms with Crippen molar-refractivity contribution in [3.8, 4) is 17.3 Å². The van der Waals surface area contributed by atoms with Crippen LogP contribution >= 0.6 is 0 Å². The van der Waals surface area contributed by atoms with Crippen molar-refractivity contribution in [1.82, 2.24) is 4.98 Å². The highest BCUT2D eigenvalue weighted by molar-refractivity contribution is 6.07. The fraction of sp³-hybridized carbons (Fsp3) is 0.105. The molecule has 0 fully saturated rings. The highest BCUT2D eigenvalue weighted by Crippen LogP contribution is 2.36. The van der Waals surface area contributed by atoms with E-state index in [2.05, 4.69) is 17.1 Å². The third-order valence-corrected chi connectivity index (χ3v) is 4.16. The van der Waals surface area contributed by atoms with E-state index in [1.165, 1.54) is 0 Å². The lowest BCUT2D eigenvalue weighted by Gasteiger charge is -2.07. The van der Waals surface area contributed by atoms with Gasteiger partial charge in [-0.05, 0) is 36.8 Å². The summed E-state index contributed by atoms with van der Waals surface area (Å²) in [7, 11) is 1.97. The Labute approximate surface area is 133 Å². The Kier molecular flexibility index (Phi) is 2.88. The van der Waals surface area contributed by atoms with Crippen LogP contribution in [0.5, 0.6) is 0 Å². The van der Waals surface area contributed by atoms with Gasteiger partial charge >= 0.3 is 0 Å². The minimum Gasteiger partial charge on any atom is -0.436 e. The number of furan rings is 1. The monoisotopic (exact) mass is 300 g/mol. The average molecular weight is 300 g/mol. The Morgan fingerprint density at radius 3 is 2.83 bits per heavy atom. The number of hydrogen-bond acceptors (Lipinski definition) is 3. The normalized spacial score (nSPS) is 11.0. The second-order valence-corrected chi connectivity index (χ2v) is 5.59. The van der Waals surface area contributed by atoms with Crippen molar-refractivity contribution in [1.29, 1.82) is 5.26 Å². The zero-order chi connectivity index (χ0) is 16.0. The van der Waals surface area contributed by atoms with Gasteiger partial charge < -0.3 is 4.42 Å². The minimum absolute atomic E-state index is 0.555. The van der Waals surface area contributed by atoms with Gasteiger partial charge in [-0.15, -0.1) is 0 Å². The van der Waals surface area contributed by atoms with Gasteiger partial charge in [-0.25, -0.2) is 9.55 Å². The first-order valence-corrected chi connectivity index (χ1v) is 7.36. The van der Waals surface area contributed by atoms with Gasteiger partial charge in [0.1, 0.15) is 18.7 Å². The van der Waals surface area contributed by atoms with Gasteiger partial charge in [0.2, 0.25) is 11.4 Å². The topological polar surface area (TPSA) is 53.7 Å². The molecule has 0 radical (unpaired) electrons. The van der Waals surface area contributed by atoms with Crippen molar-refractivity contribution in [2.24, 2.45) is 7.05 Å². The molecule has 23 heavy (non-hydrogen) atoms. The fourth-order valence-corrected chi connectivity index (χ4v) is 3.10. The standard InChI is InChI=1S/C19H14N3O/c1-12-10-14-13-6-5-8-21-19(13)23-18(14)15(11-20)17(12)16-7-3-4-9-22(16)2/h3-10H,1-2H3/q+1. The maximum Gasteiger partial charge on any atom is 0.227 e. The highest BCUT2D eigenvalue weighted by atomic mass is 16.3. The number of rotatable bonds is 1. The molecule has 3 aromatic heterocycles. The SMILES string of the molecule is Cc1cc2c(oc3ncccc32)c(C#N)c1-c1cccc[n+]1C. The summed E-state index contributed by atoms with van der Waals surface area (Å²) >= 11 is 0. The second kappa shape index (κ2) is 4.92. The van der Waals surface area contributed by atoms with Crippen LogP contribution in [0.15, 0.2) is 53.2 Å². The molecule has 0 spiro atoms. The van der Waals surface area contributed by atoms with Crippen LogP contribution in [0.2, 0.25) is 0 Å². The van der Waals surface area contributed by atoms with E-state index in [0.717, 1.165) is 27.6 Å². The van der Waals surface area contributed by atoms with Crippen LogP contribution in [0.3, 0.4) is 0 Å². The number of hydrogen-bond donors (Lipinski definition) is 0. The zero-order valence-electron chi connectivity index (χ0n) is 12.9. The van der Waals surface area contributed by atoms with Gasteiger partial charge in [-0.1, -0.05) is 0 Å². The molecule has 0 unspecified atom stereocenters. The number of nitrogens with zero attached hydrogens (tertiary/aromatic N) is 3. The molecule has 0 saturated heterocycles. The van der Waals surface area contributed by atoms with Crippen molar-refractivity contribution in [2.75, 3.05) is 0 Å². The molecule has 3 heterocycles. The van der Waals surface area contributed by atoms with Gasteiger partial charge in [0.05, 0.1) is 5.56 Å². The first kappa shape index (κ1) is 13.5. The lowest BCUT2D eigenvalue weighted by atomic mass is 9.96. The first-order valence-electron chi connectivity index (χ1n) is 7.36. The lowest BCUT2D eigenvalue weighted by molar-refractivity contribution is -0.660.